The third-order valence-electron chi connectivity index (χ3n) is 3.57. The average Bonchev–Trinajstić information content (AvgIpc) is 2.44. The smallest absolute Gasteiger partial charge is 0.312 e. The van der Waals surface area contributed by atoms with Gasteiger partial charge in [-0.05, 0) is 31.7 Å². The van der Waals surface area contributed by atoms with Gasteiger partial charge in [-0.1, -0.05) is 32.0 Å². The predicted octanol–water partition coefficient (Wildman–Crippen LogP) is 2.87. The van der Waals surface area contributed by atoms with Gasteiger partial charge in [-0.15, -0.1) is 0 Å². The van der Waals surface area contributed by atoms with Gasteiger partial charge in [0.15, 0.2) is 0 Å². The van der Waals surface area contributed by atoms with Crippen molar-refractivity contribution in [1.29, 1.82) is 0 Å². The zero-order valence-electron chi connectivity index (χ0n) is 13.9. The summed E-state index contributed by atoms with van der Waals surface area (Å²) in [4.78, 5) is 23.3. The Kier molecular flexibility index (Phi) is 7.51. The molecule has 0 saturated heterocycles. The van der Waals surface area contributed by atoms with Gasteiger partial charge < -0.3 is 16.4 Å². The van der Waals surface area contributed by atoms with Gasteiger partial charge in [0.25, 0.3) is 0 Å². The van der Waals surface area contributed by atoms with E-state index in [4.69, 9.17) is 5.73 Å². The van der Waals surface area contributed by atoms with Gasteiger partial charge in [0.2, 0.25) is 5.91 Å². The van der Waals surface area contributed by atoms with Crippen LogP contribution in [0.4, 0.5) is 9.18 Å². The largest absolute Gasteiger partial charge is 0.354 e. The number of nitrogens with one attached hydrogen (secondary N) is 2. The molecule has 0 unspecified atom stereocenters. The molecular weight excluding hydrogens is 297 g/mol. The fourth-order valence-corrected chi connectivity index (χ4v) is 2.34. The number of primary amides is 1. The van der Waals surface area contributed by atoms with Crippen LogP contribution in [0.2, 0.25) is 0 Å². The van der Waals surface area contributed by atoms with E-state index in [-0.39, 0.29) is 23.9 Å². The van der Waals surface area contributed by atoms with Crippen molar-refractivity contribution in [2.45, 2.75) is 52.1 Å². The monoisotopic (exact) mass is 323 g/mol. The zero-order chi connectivity index (χ0) is 17.4. The van der Waals surface area contributed by atoms with Crippen LogP contribution in [0, 0.1) is 11.7 Å². The fourth-order valence-electron chi connectivity index (χ4n) is 2.34. The maximum atomic E-state index is 13.9. The highest BCUT2D eigenvalue weighted by Crippen LogP contribution is 2.20. The number of rotatable bonds is 8. The Labute approximate surface area is 136 Å². The maximum Gasteiger partial charge on any atom is 0.312 e. The molecule has 128 valence electrons. The van der Waals surface area contributed by atoms with Gasteiger partial charge in [0, 0.05) is 11.6 Å². The van der Waals surface area contributed by atoms with Crippen LogP contribution in [0.3, 0.4) is 0 Å². The molecule has 0 spiro atoms. The standard InChI is InChI=1S/C17H26FN3O2/c1-11(2)8-9-12(3)20-16(22)10-15(21-17(19)23)13-6-4-5-7-14(13)18/h4-7,11-12,15H,8-10H2,1-3H3,(H,20,22)(H3,19,21,23)/t12-,15+/m0/s1. The fraction of sp³-hybridized carbons (Fsp3) is 0.529. The first kappa shape index (κ1) is 18.9. The lowest BCUT2D eigenvalue weighted by Gasteiger charge is -2.20. The van der Waals surface area contributed by atoms with E-state index in [0.29, 0.717) is 5.92 Å². The summed E-state index contributed by atoms with van der Waals surface area (Å²) in [5.74, 6) is -0.160. The summed E-state index contributed by atoms with van der Waals surface area (Å²) in [7, 11) is 0. The number of halogens is 1. The summed E-state index contributed by atoms with van der Waals surface area (Å²) in [6.45, 7) is 6.18. The second-order valence-corrected chi connectivity index (χ2v) is 6.23. The number of nitrogens with two attached hydrogens (primary N) is 1. The number of carbonyl (C=O) groups is 2. The van der Waals surface area contributed by atoms with E-state index >= 15 is 0 Å². The van der Waals surface area contributed by atoms with Crippen LogP contribution in [0.15, 0.2) is 24.3 Å². The second-order valence-electron chi connectivity index (χ2n) is 6.23. The molecule has 0 heterocycles. The summed E-state index contributed by atoms with van der Waals surface area (Å²) < 4.78 is 13.9. The van der Waals surface area contributed by atoms with Crippen LogP contribution < -0.4 is 16.4 Å². The molecule has 1 aromatic rings. The summed E-state index contributed by atoms with van der Waals surface area (Å²) in [5, 5.41) is 5.30. The Morgan fingerprint density at radius 2 is 1.78 bits per heavy atom. The molecule has 0 aliphatic carbocycles. The first-order valence-corrected chi connectivity index (χ1v) is 7.89. The molecule has 0 saturated carbocycles. The first-order valence-electron chi connectivity index (χ1n) is 7.89. The molecule has 0 bridgehead atoms. The number of amides is 3. The van der Waals surface area contributed by atoms with Crippen LogP contribution in [0.25, 0.3) is 0 Å². The molecule has 6 heteroatoms. The van der Waals surface area contributed by atoms with Crippen molar-refractivity contribution in [3.63, 3.8) is 0 Å². The number of benzene rings is 1. The van der Waals surface area contributed by atoms with Gasteiger partial charge in [0.05, 0.1) is 12.5 Å². The molecule has 0 radical (unpaired) electrons. The van der Waals surface area contributed by atoms with Gasteiger partial charge in [-0.25, -0.2) is 9.18 Å². The minimum Gasteiger partial charge on any atom is -0.354 e. The number of carbonyl (C=O) groups excluding carboxylic acids is 2. The Bertz CT molecular complexity index is 534. The molecule has 3 amide bonds. The van der Waals surface area contributed by atoms with Gasteiger partial charge in [0.1, 0.15) is 5.82 Å². The minimum absolute atomic E-state index is 0.0275. The normalized spacial score (nSPS) is 13.4. The quantitative estimate of drug-likeness (QED) is 0.687. The van der Waals surface area contributed by atoms with Crippen molar-refractivity contribution in [2.24, 2.45) is 11.7 Å². The lowest BCUT2D eigenvalue weighted by molar-refractivity contribution is -0.122. The van der Waals surface area contributed by atoms with Crippen molar-refractivity contribution in [3.8, 4) is 0 Å². The van der Waals surface area contributed by atoms with Crippen molar-refractivity contribution in [1.82, 2.24) is 10.6 Å². The van der Waals surface area contributed by atoms with Crippen molar-refractivity contribution in [3.05, 3.63) is 35.6 Å². The third-order valence-corrected chi connectivity index (χ3v) is 3.57. The van der Waals surface area contributed by atoms with Crippen molar-refractivity contribution in [2.75, 3.05) is 0 Å². The van der Waals surface area contributed by atoms with Crippen LogP contribution in [0.1, 0.15) is 51.6 Å². The second kappa shape index (κ2) is 9.12. The number of hydrogen-bond acceptors (Lipinski definition) is 2. The highest BCUT2D eigenvalue weighted by atomic mass is 19.1. The molecule has 1 rings (SSSR count). The molecule has 0 aliphatic heterocycles. The Hall–Kier alpha value is -2.11. The molecule has 0 fully saturated rings. The Morgan fingerprint density at radius 1 is 1.13 bits per heavy atom. The lowest BCUT2D eigenvalue weighted by atomic mass is 10.0. The molecular formula is C17H26FN3O2. The SMILES string of the molecule is CC(C)CC[C@H](C)NC(=O)C[C@@H](NC(N)=O)c1ccccc1F. The summed E-state index contributed by atoms with van der Waals surface area (Å²) in [6, 6.07) is 4.47. The van der Waals surface area contributed by atoms with E-state index in [1.165, 1.54) is 12.1 Å². The van der Waals surface area contributed by atoms with E-state index in [2.05, 4.69) is 24.5 Å². The van der Waals surface area contributed by atoms with Gasteiger partial charge >= 0.3 is 6.03 Å². The highest BCUT2D eigenvalue weighted by Gasteiger charge is 2.21. The summed E-state index contributed by atoms with van der Waals surface area (Å²) in [6.07, 6.45) is 1.82. The van der Waals surface area contributed by atoms with E-state index < -0.39 is 17.9 Å². The molecule has 4 N–H and O–H groups in total. The van der Waals surface area contributed by atoms with Gasteiger partial charge in [-0.3, -0.25) is 4.79 Å². The number of hydrogen-bond donors (Lipinski definition) is 3. The zero-order valence-corrected chi connectivity index (χ0v) is 13.9. The van der Waals surface area contributed by atoms with Crippen molar-refractivity contribution >= 4 is 11.9 Å². The topological polar surface area (TPSA) is 84.2 Å². The number of urea groups is 1. The Balaban J connectivity index is 2.69. The van der Waals surface area contributed by atoms with E-state index in [1.807, 2.05) is 6.92 Å². The minimum atomic E-state index is -0.793. The predicted molar refractivity (Wildman–Crippen MR) is 88.2 cm³/mol. The molecule has 1 aromatic carbocycles. The third kappa shape index (κ3) is 7.13. The molecule has 2 atom stereocenters. The van der Waals surface area contributed by atoms with Crippen LogP contribution in [0.5, 0.6) is 0 Å². The van der Waals surface area contributed by atoms with E-state index in [9.17, 15) is 14.0 Å². The van der Waals surface area contributed by atoms with Gasteiger partial charge in [-0.2, -0.15) is 0 Å². The molecule has 0 aliphatic rings. The molecule has 0 aromatic heterocycles. The van der Waals surface area contributed by atoms with Crippen molar-refractivity contribution < 1.29 is 14.0 Å². The summed E-state index contributed by atoms with van der Waals surface area (Å²) >= 11 is 0. The molecule has 5 nitrogen and oxygen atoms in total. The molecule has 23 heavy (non-hydrogen) atoms. The lowest BCUT2D eigenvalue weighted by Crippen LogP contribution is -2.39. The van der Waals surface area contributed by atoms with Crippen LogP contribution in [-0.2, 0) is 4.79 Å². The van der Waals surface area contributed by atoms with E-state index in [0.717, 1.165) is 12.8 Å². The highest BCUT2D eigenvalue weighted by molar-refractivity contribution is 5.79. The van der Waals surface area contributed by atoms with Crippen LogP contribution in [-0.4, -0.2) is 18.0 Å². The maximum absolute atomic E-state index is 13.9. The summed E-state index contributed by atoms with van der Waals surface area (Å²) in [5.41, 5.74) is 5.38. The first-order chi connectivity index (χ1) is 10.8. The Morgan fingerprint density at radius 3 is 2.35 bits per heavy atom. The average molecular weight is 323 g/mol. The van der Waals surface area contributed by atoms with Crippen LogP contribution >= 0.6 is 0 Å². The van der Waals surface area contributed by atoms with E-state index in [1.54, 1.807) is 12.1 Å².